The second-order valence-electron chi connectivity index (χ2n) is 4.10. The summed E-state index contributed by atoms with van der Waals surface area (Å²) in [5, 5.41) is 5.32. The summed E-state index contributed by atoms with van der Waals surface area (Å²) >= 11 is 0. The summed E-state index contributed by atoms with van der Waals surface area (Å²) < 4.78 is 48.1. The van der Waals surface area contributed by atoms with Crippen LogP contribution in [0.25, 0.3) is 0 Å². The molecule has 2 N–H and O–H groups in total. The van der Waals surface area contributed by atoms with Crippen LogP contribution < -0.4 is 10.6 Å². The number of anilines is 2. The first-order valence-corrected chi connectivity index (χ1v) is 6.42. The van der Waals surface area contributed by atoms with Crippen molar-refractivity contribution in [1.29, 1.82) is 0 Å². The molecule has 0 aliphatic rings. The number of nitrogens with zero attached hydrogens (tertiary/aromatic N) is 2. The fourth-order valence-electron chi connectivity index (χ4n) is 1.43. The second-order valence-corrected chi connectivity index (χ2v) is 4.10. The smallest absolute Gasteiger partial charge is 0.382 e. The minimum Gasteiger partial charge on any atom is -0.382 e. The van der Waals surface area contributed by atoms with Crippen molar-refractivity contribution in [3.05, 3.63) is 11.8 Å². The molecular weight excluding hydrogens is 289 g/mol. The molecule has 1 heterocycles. The predicted octanol–water partition coefficient (Wildman–Crippen LogP) is 2.00. The van der Waals surface area contributed by atoms with Crippen LogP contribution in [-0.4, -0.2) is 50.5 Å². The molecule has 6 nitrogen and oxygen atoms in total. The van der Waals surface area contributed by atoms with Crippen LogP contribution in [0.1, 0.15) is 12.1 Å². The van der Waals surface area contributed by atoms with Gasteiger partial charge in [0.2, 0.25) is 5.95 Å². The summed E-state index contributed by atoms with van der Waals surface area (Å²) in [4.78, 5) is 7.29. The molecule has 0 bridgehead atoms. The Bertz CT molecular complexity index is 429. The number of hydrogen-bond acceptors (Lipinski definition) is 6. The van der Waals surface area contributed by atoms with E-state index >= 15 is 0 Å². The van der Waals surface area contributed by atoms with Crippen molar-refractivity contribution in [2.75, 3.05) is 51.2 Å². The predicted molar refractivity (Wildman–Crippen MR) is 72.4 cm³/mol. The van der Waals surface area contributed by atoms with Crippen molar-refractivity contribution in [2.24, 2.45) is 0 Å². The van der Waals surface area contributed by atoms with Gasteiger partial charge >= 0.3 is 6.18 Å². The van der Waals surface area contributed by atoms with E-state index < -0.39 is 11.9 Å². The van der Waals surface area contributed by atoms with E-state index in [2.05, 4.69) is 20.6 Å². The molecule has 1 aromatic rings. The van der Waals surface area contributed by atoms with E-state index in [-0.39, 0.29) is 11.8 Å². The SMILES string of the molecule is CNc1nc(NCCCOCCOC)cc(C(F)(F)F)n1. The van der Waals surface area contributed by atoms with Gasteiger partial charge in [0.1, 0.15) is 5.82 Å². The standard InChI is InChI=1S/C12H19F3N4O2/c1-16-11-18-9(12(13,14)15)8-10(19-11)17-4-3-5-21-7-6-20-2/h8H,3-7H2,1-2H3,(H2,16,17,18,19). The van der Waals surface area contributed by atoms with Gasteiger partial charge in [-0.25, -0.2) is 4.98 Å². The number of ether oxygens (including phenoxy) is 2. The number of nitrogens with one attached hydrogen (secondary N) is 2. The lowest BCUT2D eigenvalue weighted by atomic mass is 10.3. The third kappa shape index (κ3) is 6.58. The zero-order valence-electron chi connectivity index (χ0n) is 12.0. The number of rotatable bonds is 9. The maximum absolute atomic E-state index is 12.7. The Morgan fingerprint density at radius 1 is 1.19 bits per heavy atom. The molecule has 0 saturated heterocycles. The Morgan fingerprint density at radius 3 is 2.57 bits per heavy atom. The highest BCUT2D eigenvalue weighted by Gasteiger charge is 2.33. The van der Waals surface area contributed by atoms with Gasteiger partial charge in [-0.15, -0.1) is 0 Å². The minimum atomic E-state index is -4.51. The molecule has 0 saturated carbocycles. The summed E-state index contributed by atoms with van der Waals surface area (Å²) in [7, 11) is 3.04. The Morgan fingerprint density at radius 2 is 1.95 bits per heavy atom. The highest BCUT2D eigenvalue weighted by atomic mass is 19.4. The zero-order valence-corrected chi connectivity index (χ0v) is 12.0. The van der Waals surface area contributed by atoms with Gasteiger partial charge in [0.05, 0.1) is 13.2 Å². The molecule has 0 radical (unpaired) electrons. The summed E-state index contributed by atoms with van der Waals surface area (Å²) in [6.45, 7) is 1.95. The van der Waals surface area contributed by atoms with Crippen LogP contribution in [0, 0.1) is 0 Å². The molecule has 120 valence electrons. The lowest BCUT2D eigenvalue weighted by molar-refractivity contribution is -0.141. The van der Waals surface area contributed by atoms with Crippen LogP contribution in [0.3, 0.4) is 0 Å². The summed E-state index contributed by atoms with van der Waals surface area (Å²) in [5.74, 6) is 0.0437. The first kappa shape index (κ1) is 17.4. The van der Waals surface area contributed by atoms with Gasteiger partial charge in [-0.1, -0.05) is 0 Å². The van der Waals surface area contributed by atoms with Gasteiger partial charge in [-0.2, -0.15) is 18.2 Å². The number of hydrogen-bond donors (Lipinski definition) is 2. The number of aromatic nitrogens is 2. The van der Waals surface area contributed by atoms with Crippen LogP contribution in [0.4, 0.5) is 24.9 Å². The average molecular weight is 308 g/mol. The summed E-state index contributed by atoms with van der Waals surface area (Å²) in [5.41, 5.74) is -0.985. The fraction of sp³-hybridized carbons (Fsp3) is 0.667. The fourth-order valence-corrected chi connectivity index (χ4v) is 1.43. The van der Waals surface area contributed by atoms with Crippen molar-refractivity contribution in [1.82, 2.24) is 9.97 Å². The third-order valence-corrected chi connectivity index (χ3v) is 2.44. The zero-order chi connectivity index (χ0) is 15.7. The second kappa shape index (κ2) is 8.63. The lowest BCUT2D eigenvalue weighted by Crippen LogP contribution is -2.14. The maximum Gasteiger partial charge on any atom is 0.433 e. The van der Waals surface area contributed by atoms with Gasteiger partial charge in [0.15, 0.2) is 5.69 Å². The largest absolute Gasteiger partial charge is 0.433 e. The summed E-state index contributed by atoms with van der Waals surface area (Å²) in [6, 6.07) is 0.882. The highest BCUT2D eigenvalue weighted by molar-refractivity contribution is 5.42. The third-order valence-electron chi connectivity index (χ3n) is 2.44. The van der Waals surface area contributed by atoms with E-state index in [1.807, 2.05) is 0 Å². The Kier molecular flexibility index (Phi) is 7.17. The van der Waals surface area contributed by atoms with E-state index in [9.17, 15) is 13.2 Å². The van der Waals surface area contributed by atoms with E-state index in [0.717, 1.165) is 6.07 Å². The topological polar surface area (TPSA) is 68.3 Å². The first-order chi connectivity index (χ1) is 9.97. The van der Waals surface area contributed by atoms with Crippen LogP contribution in [0.2, 0.25) is 0 Å². The molecule has 1 aromatic heterocycles. The molecule has 0 aliphatic carbocycles. The van der Waals surface area contributed by atoms with Crippen molar-refractivity contribution < 1.29 is 22.6 Å². The van der Waals surface area contributed by atoms with Crippen molar-refractivity contribution in [3.63, 3.8) is 0 Å². The minimum absolute atomic E-state index is 0.0799. The van der Waals surface area contributed by atoms with Gasteiger partial charge in [0.25, 0.3) is 0 Å². The van der Waals surface area contributed by atoms with Crippen LogP contribution in [0.15, 0.2) is 6.07 Å². The molecule has 1 rings (SSSR count). The van der Waals surface area contributed by atoms with Gasteiger partial charge in [-0.05, 0) is 6.42 Å². The van der Waals surface area contributed by atoms with Crippen molar-refractivity contribution >= 4 is 11.8 Å². The van der Waals surface area contributed by atoms with Crippen molar-refractivity contribution in [2.45, 2.75) is 12.6 Å². The Labute approximate surface area is 121 Å². The molecule has 0 amide bonds. The van der Waals surface area contributed by atoms with E-state index in [0.29, 0.717) is 32.8 Å². The molecule has 0 unspecified atom stereocenters. The quantitative estimate of drug-likeness (QED) is 0.680. The molecule has 0 fully saturated rings. The van der Waals surface area contributed by atoms with Crippen LogP contribution in [0.5, 0.6) is 0 Å². The Balaban J connectivity index is 2.47. The number of halogens is 3. The molecule has 0 aliphatic heterocycles. The normalized spacial score (nSPS) is 11.5. The van der Waals surface area contributed by atoms with Crippen molar-refractivity contribution in [3.8, 4) is 0 Å². The Hall–Kier alpha value is -1.61. The molecule has 21 heavy (non-hydrogen) atoms. The van der Waals surface area contributed by atoms with E-state index in [1.54, 1.807) is 7.11 Å². The van der Waals surface area contributed by atoms with Crippen LogP contribution in [-0.2, 0) is 15.7 Å². The highest BCUT2D eigenvalue weighted by Crippen LogP contribution is 2.29. The van der Waals surface area contributed by atoms with Gasteiger partial charge in [0, 0.05) is 33.4 Å². The lowest BCUT2D eigenvalue weighted by Gasteiger charge is -2.11. The van der Waals surface area contributed by atoms with E-state index in [1.165, 1.54) is 7.05 Å². The maximum atomic E-state index is 12.7. The number of alkyl halides is 3. The monoisotopic (exact) mass is 308 g/mol. The average Bonchev–Trinajstić information content (AvgIpc) is 2.45. The molecular formula is C12H19F3N4O2. The van der Waals surface area contributed by atoms with Crippen LogP contribution >= 0.6 is 0 Å². The molecule has 0 aromatic carbocycles. The molecule has 9 heteroatoms. The summed E-state index contributed by atoms with van der Waals surface area (Å²) in [6.07, 6.45) is -3.86. The number of methoxy groups -OCH3 is 1. The van der Waals surface area contributed by atoms with Gasteiger partial charge in [-0.3, -0.25) is 0 Å². The molecule has 0 atom stereocenters. The van der Waals surface area contributed by atoms with E-state index in [4.69, 9.17) is 9.47 Å². The first-order valence-electron chi connectivity index (χ1n) is 6.42. The molecule has 0 spiro atoms. The van der Waals surface area contributed by atoms with Gasteiger partial charge < -0.3 is 20.1 Å².